The molecule has 0 spiro atoms. The third-order valence-electron chi connectivity index (χ3n) is 3.68. The molecule has 3 rings (SSSR count). The lowest BCUT2D eigenvalue weighted by molar-refractivity contribution is -0.117. The van der Waals surface area contributed by atoms with Gasteiger partial charge in [0, 0.05) is 17.9 Å². The summed E-state index contributed by atoms with van der Waals surface area (Å²) < 4.78 is 13.1. The highest BCUT2D eigenvalue weighted by Crippen LogP contribution is 2.26. The second-order valence-electron chi connectivity index (χ2n) is 5.14. The fraction of sp³-hybridized carbons (Fsp3) is 0.235. The van der Waals surface area contributed by atoms with Gasteiger partial charge >= 0.3 is 0 Å². The summed E-state index contributed by atoms with van der Waals surface area (Å²) in [7, 11) is 0. The zero-order chi connectivity index (χ0) is 14.7. The van der Waals surface area contributed by atoms with Gasteiger partial charge in [0.1, 0.15) is 5.82 Å². The van der Waals surface area contributed by atoms with Gasteiger partial charge in [-0.2, -0.15) is 0 Å². The number of hydrogen-bond acceptors (Lipinski definition) is 2. The minimum atomic E-state index is -0.309. The molecular formula is C17H17FN2O. The van der Waals surface area contributed by atoms with Crippen molar-refractivity contribution >= 4 is 17.3 Å². The third-order valence-corrected chi connectivity index (χ3v) is 3.68. The smallest absolute Gasteiger partial charge is 0.246 e. The minimum Gasteiger partial charge on any atom is -0.376 e. The predicted octanol–water partition coefficient (Wildman–Crippen LogP) is 3.22. The summed E-state index contributed by atoms with van der Waals surface area (Å²) in [4.78, 5) is 14.2. The molecule has 0 fully saturated rings. The number of halogens is 1. The number of anilines is 2. The molecular weight excluding hydrogens is 267 g/mol. The maximum atomic E-state index is 13.1. The van der Waals surface area contributed by atoms with Crippen molar-refractivity contribution in [3.05, 3.63) is 59.9 Å². The van der Waals surface area contributed by atoms with Crippen LogP contribution in [-0.4, -0.2) is 19.0 Å². The van der Waals surface area contributed by atoms with Gasteiger partial charge in [-0.05, 0) is 42.7 Å². The first-order valence-corrected chi connectivity index (χ1v) is 7.12. The summed E-state index contributed by atoms with van der Waals surface area (Å²) >= 11 is 0. The number of nitrogens with one attached hydrogen (secondary N) is 1. The van der Waals surface area contributed by atoms with Gasteiger partial charge in [-0.15, -0.1) is 0 Å². The van der Waals surface area contributed by atoms with E-state index in [0.717, 1.165) is 25.1 Å². The number of carbonyl (C=O) groups excluding carboxylic acids is 1. The van der Waals surface area contributed by atoms with Crippen molar-refractivity contribution < 1.29 is 9.18 Å². The Morgan fingerprint density at radius 3 is 2.90 bits per heavy atom. The van der Waals surface area contributed by atoms with Crippen molar-refractivity contribution in [3.63, 3.8) is 0 Å². The second-order valence-corrected chi connectivity index (χ2v) is 5.14. The molecule has 2 aromatic rings. The first kappa shape index (κ1) is 13.6. The minimum absolute atomic E-state index is 0.00594. The largest absolute Gasteiger partial charge is 0.376 e. The van der Waals surface area contributed by atoms with Gasteiger partial charge in [-0.25, -0.2) is 4.39 Å². The molecule has 0 unspecified atom stereocenters. The highest BCUT2D eigenvalue weighted by Gasteiger charge is 2.21. The highest BCUT2D eigenvalue weighted by atomic mass is 19.1. The normalized spacial score (nSPS) is 13.7. The van der Waals surface area contributed by atoms with E-state index in [1.54, 1.807) is 12.1 Å². The molecule has 21 heavy (non-hydrogen) atoms. The zero-order valence-electron chi connectivity index (χ0n) is 11.7. The van der Waals surface area contributed by atoms with E-state index in [0.29, 0.717) is 5.69 Å². The van der Waals surface area contributed by atoms with Gasteiger partial charge in [0.05, 0.1) is 6.54 Å². The summed E-state index contributed by atoms with van der Waals surface area (Å²) in [6.07, 6.45) is 1.99. The number of carbonyl (C=O) groups is 1. The number of amides is 1. The average Bonchev–Trinajstić information content (AvgIpc) is 2.52. The van der Waals surface area contributed by atoms with Crippen molar-refractivity contribution in [2.24, 2.45) is 0 Å². The number of para-hydroxylation sites is 1. The van der Waals surface area contributed by atoms with Gasteiger partial charge in [0.2, 0.25) is 5.91 Å². The number of benzene rings is 2. The van der Waals surface area contributed by atoms with E-state index in [1.165, 1.54) is 17.7 Å². The molecule has 0 aromatic heterocycles. The van der Waals surface area contributed by atoms with E-state index >= 15 is 0 Å². The van der Waals surface area contributed by atoms with E-state index in [2.05, 4.69) is 11.4 Å². The average molecular weight is 284 g/mol. The molecule has 0 saturated carbocycles. The topological polar surface area (TPSA) is 32.3 Å². The Balaban J connectivity index is 1.69. The molecule has 0 bridgehead atoms. The Kier molecular flexibility index (Phi) is 3.86. The van der Waals surface area contributed by atoms with Crippen LogP contribution in [0, 0.1) is 5.82 Å². The fourth-order valence-electron chi connectivity index (χ4n) is 2.66. The van der Waals surface area contributed by atoms with Gasteiger partial charge in [0.15, 0.2) is 0 Å². The van der Waals surface area contributed by atoms with Crippen molar-refractivity contribution in [1.82, 2.24) is 0 Å². The Hall–Kier alpha value is -2.36. The van der Waals surface area contributed by atoms with Crippen molar-refractivity contribution in [3.8, 4) is 0 Å². The fourth-order valence-corrected chi connectivity index (χ4v) is 2.66. The highest BCUT2D eigenvalue weighted by molar-refractivity contribution is 5.97. The Labute approximate surface area is 123 Å². The first-order valence-electron chi connectivity index (χ1n) is 7.12. The van der Waals surface area contributed by atoms with Crippen LogP contribution < -0.4 is 10.2 Å². The van der Waals surface area contributed by atoms with Crippen LogP contribution >= 0.6 is 0 Å². The molecule has 108 valence electrons. The quantitative estimate of drug-likeness (QED) is 0.938. The van der Waals surface area contributed by atoms with Crippen LogP contribution in [0.5, 0.6) is 0 Å². The summed E-state index contributed by atoms with van der Waals surface area (Å²) in [6.45, 7) is 0.901. The number of nitrogens with zero attached hydrogens (tertiary/aromatic N) is 1. The third kappa shape index (κ3) is 3.05. The maximum absolute atomic E-state index is 13.1. The molecule has 0 saturated heterocycles. The standard InChI is InChI=1S/C17H17FN2O/c18-14-7-3-8-15(11-14)19-12-17(21)20-10-4-6-13-5-1-2-9-16(13)20/h1-3,5,7-9,11,19H,4,6,10,12H2. The summed E-state index contributed by atoms with van der Waals surface area (Å²) in [5.74, 6) is -0.304. The number of aryl methyl sites for hydroxylation is 1. The lowest BCUT2D eigenvalue weighted by Crippen LogP contribution is -2.39. The van der Waals surface area contributed by atoms with Crippen LogP contribution in [0.2, 0.25) is 0 Å². The Morgan fingerprint density at radius 1 is 1.19 bits per heavy atom. The van der Waals surface area contributed by atoms with Gasteiger partial charge < -0.3 is 10.2 Å². The first-order chi connectivity index (χ1) is 10.2. The van der Waals surface area contributed by atoms with E-state index in [4.69, 9.17) is 0 Å². The van der Waals surface area contributed by atoms with E-state index in [9.17, 15) is 9.18 Å². The molecule has 4 heteroatoms. The van der Waals surface area contributed by atoms with Crippen molar-refractivity contribution in [2.75, 3.05) is 23.3 Å². The molecule has 1 aliphatic heterocycles. The van der Waals surface area contributed by atoms with E-state index < -0.39 is 0 Å². The monoisotopic (exact) mass is 284 g/mol. The lowest BCUT2D eigenvalue weighted by Gasteiger charge is -2.29. The van der Waals surface area contributed by atoms with Crippen LogP contribution in [0.15, 0.2) is 48.5 Å². The molecule has 1 aliphatic rings. The van der Waals surface area contributed by atoms with Crippen molar-refractivity contribution in [2.45, 2.75) is 12.8 Å². The number of fused-ring (bicyclic) bond motifs is 1. The molecule has 0 atom stereocenters. The number of hydrogen-bond donors (Lipinski definition) is 1. The second kappa shape index (κ2) is 5.95. The molecule has 1 N–H and O–H groups in total. The van der Waals surface area contributed by atoms with Crippen LogP contribution in [0.25, 0.3) is 0 Å². The number of rotatable bonds is 3. The predicted molar refractivity (Wildman–Crippen MR) is 82.0 cm³/mol. The van der Waals surface area contributed by atoms with Gasteiger partial charge in [-0.1, -0.05) is 24.3 Å². The molecule has 0 radical (unpaired) electrons. The summed E-state index contributed by atoms with van der Waals surface area (Å²) in [5.41, 5.74) is 2.83. The molecule has 1 heterocycles. The molecule has 0 aliphatic carbocycles. The zero-order valence-corrected chi connectivity index (χ0v) is 11.7. The molecule has 3 nitrogen and oxygen atoms in total. The van der Waals surface area contributed by atoms with Gasteiger partial charge in [0.25, 0.3) is 0 Å². The molecule has 1 amide bonds. The molecule has 2 aromatic carbocycles. The van der Waals surface area contributed by atoms with E-state index in [1.807, 2.05) is 23.1 Å². The Morgan fingerprint density at radius 2 is 2.05 bits per heavy atom. The SMILES string of the molecule is O=C(CNc1cccc(F)c1)N1CCCc2ccccc21. The van der Waals surface area contributed by atoms with E-state index in [-0.39, 0.29) is 18.3 Å². The van der Waals surface area contributed by atoms with Crippen LogP contribution in [0.3, 0.4) is 0 Å². The summed E-state index contributed by atoms with van der Waals surface area (Å²) in [5, 5.41) is 2.98. The van der Waals surface area contributed by atoms with Crippen LogP contribution in [-0.2, 0) is 11.2 Å². The lowest BCUT2D eigenvalue weighted by atomic mass is 10.0. The van der Waals surface area contributed by atoms with Crippen LogP contribution in [0.4, 0.5) is 15.8 Å². The van der Waals surface area contributed by atoms with Crippen LogP contribution in [0.1, 0.15) is 12.0 Å². The summed E-state index contributed by atoms with van der Waals surface area (Å²) in [6, 6.07) is 14.1. The van der Waals surface area contributed by atoms with Gasteiger partial charge in [-0.3, -0.25) is 4.79 Å². The maximum Gasteiger partial charge on any atom is 0.246 e. The Bertz CT molecular complexity index is 657. The van der Waals surface area contributed by atoms with Crippen molar-refractivity contribution in [1.29, 1.82) is 0 Å².